The molecule has 0 spiro atoms. The van der Waals surface area contributed by atoms with Gasteiger partial charge in [0, 0.05) is 51.6 Å². The zero-order valence-electron chi connectivity index (χ0n) is 22.4. The van der Waals surface area contributed by atoms with E-state index in [1.54, 1.807) is 6.07 Å². The van der Waals surface area contributed by atoms with Gasteiger partial charge in [-0.3, -0.25) is 14.9 Å². The van der Waals surface area contributed by atoms with E-state index in [4.69, 9.17) is 9.97 Å². The molecule has 0 aliphatic heterocycles. The molecule has 2 aliphatic rings. The zero-order valence-corrected chi connectivity index (χ0v) is 22.4. The van der Waals surface area contributed by atoms with Crippen LogP contribution in [-0.4, -0.2) is 25.4 Å². The number of hydrogen-bond acceptors (Lipinski definition) is 5. The number of fused-ring (bicyclic) bond motifs is 9. The second kappa shape index (κ2) is 7.62. The molecule has 2 atom stereocenters. The maximum Gasteiger partial charge on any atom is 0.271 e. The summed E-state index contributed by atoms with van der Waals surface area (Å²) in [7, 11) is 0. The summed E-state index contributed by atoms with van der Waals surface area (Å²) >= 11 is 0. The van der Waals surface area contributed by atoms with Crippen LogP contribution in [0, 0.1) is 15.5 Å². The third-order valence-corrected chi connectivity index (χ3v) is 9.97. The number of rotatable bonds is 4. The molecule has 39 heavy (non-hydrogen) atoms. The molecule has 0 saturated heterocycles. The first kappa shape index (κ1) is 23.8. The van der Waals surface area contributed by atoms with Crippen LogP contribution in [0.5, 0.6) is 0 Å². The summed E-state index contributed by atoms with van der Waals surface area (Å²) in [5.74, 6) is -0.104. The molecule has 8 nitrogen and oxygen atoms in total. The lowest BCUT2D eigenvalue weighted by Gasteiger charge is -2.39. The highest BCUT2D eigenvalue weighted by atomic mass is 16.6. The van der Waals surface area contributed by atoms with Crippen molar-refractivity contribution in [3.8, 4) is 0 Å². The van der Waals surface area contributed by atoms with Crippen molar-refractivity contribution in [3.05, 3.63) is 82.2 Å². The average Bonchev–Trinajstić information content (AvgIpc) is 3.41. The van der Waals surface area contributed by atoms with Crippen molar-refractivity contribution >= 4 is 50.1 Å². The number of hydrogen-bond donors (Lipinski definition) is 1. The van der Waals surface area contributed by atoms with Gasteiger partial charge in [0.25, 0.3) is 5.69 Å². The number of nitrogens with zero attached hydrogens (tertiary/aromatic N) is 4. The number of nitro benzene ring substituents is 1. The van der Waals surface area contributed by atoms with Crippen LogP contribution in [0.15, 0.2) is 60.7 Å². The molecule has 2 aromatic heterocycles. The fraction of sp³-hybridized carbons (Fsp3) is 0.323. The van der Waals surface area contributed by atoms with Gasteiger partial charge in [-0.05, 0) is 55.5 Å². The molecule has 1 N–H and O–H groups in total. The fourth-order valence-electron chi connectivity index (χ4n) is 7.42. The Bertz CT molecular complexity index is 1890. The highest BCUT2D eigenvalue weighted by Gasteiger charge is 2.73. The smallest absolute Gasteiger partial charge is 0.271 e. The molecule has 7 rings (SSSR count). The van der Waals surface area contributed by atoms with Crippen molar-refractivity contribution < 1.29 is 9.72 Å². The van der Waals surface area contributed by atoms with Gasteiger partial charge in [-0.2, -0.15) is 0 Å². The molecule has 3 aromatic carbocycles. The van der Waals surface area contributed by atoms with E-state index in [-0.39, 0.29) is 17.0 Å². The van der Waals surface area contributed by atoms with E-state index in [9.17, 15) is 14.9 Å². The summed E-state index contributed by atoms with van der Waals surface area (Å²) in [5, 5.41) is 16.9. The number of amides is 1. The molecule has 8 heteroatoms. The number of carbonyl (C=O) groups is 1. The van der Waals surface area contributed by atoms with Crippen LogP contribution in [-0.2, 0) is 22.2 Å². The predicted molar refractivity (Wildman–Crippen MR) is 152 cm³/mol. The number of nitrogens with one attached hydrogen (secondary N) is 1. The first-order valence-electron chi connectivity index (χ1n) is 13.4. The Morgan fingerprint density at radius 3 is 2.46 bits per heavy atom. The predicted octanol–water partition coefficient (Wildman–Crippen LogP) is 6.63. The Morgan fingerprint density at radius 1 is 0.949 bits per heavy atom. The summed E-state index contributed by atoms with van der Waals surface area (Å²) in [6.07, 6.45) is 1.46. The van der Waals surface area contributed by atoms with Gasteiger partial charge in [0.1, 0.15) is 0 Å². The van der Waals surface area contributed by atoms with E-state index < -0.39 is 15.8 Å². The minimum atomic E-state index is -0.907. The van der Waals surface area contributed by atoms with Gasteiger partial charge >= 0.3 is 0 Å². The monoisotopic (exact) mass is 519 g/mol. The van der Waals surface area contributed by atoms with Crippen LogP contribution < -0.4 is 5.32 Å². The number of benzene rings is 3. The van der Waals surface area contributed by atoms with Crippen molar-refractivity contribution in [1.29, 1.82) is 0 Å². The molecule has 2 aliphatic carbocycles. The van der Waals surface area contributed by atoms with E-state index in [1.165, 1.54) is 17.6 Å². The number of nitro groups is 1. The average molecular weight is 520 g/mol. The van der Waals surface area contributed by atoms with Crippen LogP contribution in [0.1, 0.15) is 51.9 Å². The van der Waals surface area contributed by atoms with Gasteiger partial charge in [-0.1, -0.05) is 39.0 Å². The number of anilines is 1. The molecule has 1 fully saturated rings. The lowest BCUT2D eigenvalue weighted by atomic mass is 9.63. The van der Waals surface area contributed by atoms with Gasteiger partial charge in [-0.15, -0.1) is 0 Å². The van der Waals surface area contributed by atoms with Crippen LogP contribution in [0.25, 0.3) is 32.8 Å². The molecular formula is C31H29N5O3. The zero-order chi connectivity index (χ0) is 27.3. The number of aryl methyl sites for hydroxylation is 1. The standard InChI is InChI=1S/C31H29N5O3/c1-5-35-24-9-7-6-8-20(24)21-16-18(10-13-25(21)35)32-28(37)31-15-14-30(4,29(31,2)3)26-27(31)34-23-17-19(36(38)39)11-12-22(23)33-26/h6-13,16-17H,5,14-15H2,1-4H3,(H,32,37). The van der Waals surface area contributed by atoms with Gasteiger partial charge in [0.05, 0.1) is 32.8 Å². The lowest BCUT2D eigenvalue weighted by Crippen LogP contribution is -2.48. The van der Waals surface area contributed by atoms with Crippen LogP contribution >= 0.6 is 0 Å². The first-order chi connectivity index (χ1) is 18.6. The minimum absolute atomic E-state index is 0.0385. The Labute approximate surface area is 225 Å². The summed E-state index contributed by atoms with van der Waals surface area (Å²) in [6, 6.07) is 19.0. The number of non-ortho nitro benzene ring substituents is 1. The van der Waals surface area contributed by atoms with Gasteiger partial charge in [0.15, 0.2) is 0 Å². The van der Waals surface area contributed by atoms with E-state index >= 15 is 0 Å². The number of carbonyl (C=O) groups excluding carboxylic acids is 1. The van der Waals surface area contributed by atoms with Gasteiger partial charge < -0.3 is 9.88 Å². The van der Waals surface area contributed by atoms with Crippen molar-refractivity contribution in [1.82, 2.24) is 14.5 Å². The topological polar surface area (TPSA) is 103 Å². The second-order valence-electron chi connectivity index (χ2n) is 11.7. The maximum absolute atomic E-state index is 14.4. The Balaban J connectivity index is 1.36. The second-order valence-corrected chi connectivity index (χ2v) is 11.7. The minimum Gasteiger partial charge on any atom is -0.341 e. The Morgan fingerprint density at radius 2 is 1.69 bits per heavy atom. The van der Waals surface area contributed by atoms with Gasteiger partial charge in [0.2, 0.25) is 5.91 Å². The third-order valence-electron chi connectivity index (χ3n) is 9.97. The molecule has 1 saturated carbocycles. The van der Waals surface area contributed by atoms with Crippen molar-refractivity contribution in [3.63, 3.8) is 0 Å². The van der Waals surface area contributed by atoms with Crippen molar-refractivity contribution in [2.75, 3.05) is 5.32 Å². The normalized spacial score (nSPS) is 23.0. The van der Waals surface area contributed by atoms with E-state index in [2.05, 4.69) is 61.8 Å². The molecule has 5 aromatic rings. The molecule has 0 radical (unpaired) electrons. The van der Waals surface area contributed by atoms with Crippen LogP contribution in [0.4, 0.5) is 11.4 Å². The first-order valence-corrected chi connectivity index (χ1v) is 13.4. The molecular weight excluding hydrogens is 490 g/mol. The third kappa shape index (κ3) is 2.81. The number of aromatic nitrogens is 3. The van der Waals surface area contributed by atoms with Crippen LogP contribution in [0.2, 0.25) is 0 Å². The summed E-state index contributed by atoms with van der Waals surface area (Å²) in [5.41, 5.74) is 3.82. The molecule has 2 unspecified atom stereocenters. The van der Waals surface area contributed by atoms with Crippen molar-refractivity contribution in [2.45, 2.75) is 57.9 Å². The van der Waals surface area contributed by atoms with E-state index in [1.807, 2.05) is 18.2 Å². The van der Waals surface area contributed by atoms with E-state index in [0.717, 1.165) is 40.6 Å². The highest BCUT2D eigenvalue weighted by Crippen LogP contribution is 2.70. The molecule has 2 bridgehead atoms. The summed E-state index contributed by atoms with van der Waals surface area (Å²) in [6.45, 7) is 9.43. The molecule has 196 valence electrons. The Hall–Kier alpha value is -4.33. The Kier molecular flexibility index (Phi) is 4.64. The number of para-hydroxylation sites is 1. The summed E-state index contributed by atoms with van der Waals surface area (Å²) < 4.78 is 2.29. The lowest BCUT2D eigenvalue weighted by molar-refractivity contribution is -0.384. The molecule has 2 heterocycles. The van der Waals surface area contributed by atoms with E-state index in [0.29, 0.717) is 23.1 Å². The maximum atomic E-state index is 14.4. The van der Waals surface area contributed by atoms with Gasteiger partial charge in [-0.25, -0.2) is 9.97 Å². The SMILES string of the molecule is CCn1c2ccccc2c2cc(NC(=O)C34CCC(C)(c5nc6ccc([N+](=O)[O-])cc6nc53)C4(C)C)ccc21. The van der Waals surface area contributed by atoms with Crippen LogP contribution in [0.3, 0.4) is 0 Å². The highest BCUT2D eigenvalue weighted by molar-refractivity contribution is 6.10. The largest absolute Gasteiger partial charge is 0.341 e. The summed E-state index contributed by atoms with van der Waals surface area (Å²) in [4.78, 5) is 35.3. The van der Waals surface area contributed by atoms with Crippen molar-refractivity contribution in [2.24, 2.45) is 5.41 Å². The quantitative estimate of drug-likeness (QED) is 0.212. The molecule has 1 amide bonds. The fourth-order valence-corrected chi connectivity index (χ4v) is 7.42.